The van der Waals surface area contributed by atoms with E-state index in [1.54, 1.807) is 18.6 Å². The van der Waals surface area contributed by atoms with Gasteiger partial charge in [0, 0.05) is 18.4 Å². The molecule has 0 atom stereocenters. The largest absolute Gasteiger partial charge is 0.489 e. The standard InChI is InChI=1S/C24H32F2O3/c1-3-24(25,26)22-14-19(13-16(2)20(22)11-12-23(27)28)29-15-18-9-6-10-21(18)17-7-4-5-8-17/h13-14,17H,3-12,15H2,1-2H3,(H,27,28). The highest BCUT2D eigenvalue weighted by molar-refractivity contribution is 5.67. The molecule has 1 aromatic carbocycles. The molecule has 0 heterocycles. The lowest BCUT2D eigenvalue weighted by atomic mass is 9.92. The van der Waals surface area contributed by atoms with Gasteiger partial charge >= 0.3 is 5.97 Å². The van der Waals surface area contributed by atoms with E-state index >= 15 is 0 Å². The Kier molecular flexibility index (Phi) is 6.97. The number of halogens is 2. The number of carbonyl (C=O) groups is 1. The number of hydrogen-bond acceptors (Lipinski definition) is 2. The Morgan fingerprint density at radius 1 is 1.21 bits per heavy atom. The van der Waals surface area contributed by atoms with Gasteiger partial charge in [-0.3, -0.25) is 4.79 Å². The molecule has 5 heteroatoms. The zero-order chi connectivity index (χ0) is 21.0. The second-order valence-corrected chi connectivity index (χ2v) is 8.47. The lowest BCUT2D eigenvalue weighted by Gasteiger charge is -2.22. The number of hydrogen-bond donors (Lipinski definition) is 1. The van der Waals surface area contributed by atoms with Crippen LogP contribution in [0.2, 0.25) is 0 Å². The summed E-state index contributed by atoms with van der Waals surface area (Å²) in [6.07, 6.45) is 8.10. The highest BCUT2D eigenvalue weighted by atomic mass is 19.3. The molecule has 2 aliphatic carbocycles. The van der Waals surface area contributed by atoms with Gasteiger partial charge in [0.2, 0.25) is 0 Å². The molecule has 0 bridgehead atoms. The van der Waals surface area contributed by atoms with Crippen molar-refractivity contribution < 1.29 is 23.4 Å². The molecule has 0 unspecified atom stereocenters. The highest BCUT2D eigenvalue weighted by Crippen LogP contribution is 2.41. The first-order valence-electron chi connectivity index (χ1n) is 10.9. The third-order valence-corrected chi connectivity index (χ3v) is 6.51. The van der Waals surface area contributed by atoms with Crippen LogP contribution in [0.25, 0.3) is 0 Å². The number of alkyl halides is 2. The first-order chi connectivity index (χ1) is 13.8. The van der Waals surface area contributed by atoms with Crippen LogP contribution in [0.15, 0.2) is 23.3 Å². The molecule has 0 aromatic heterocycles. The second-order valence-electron chi connectivity index (χ2n) is 8.47. The molecule has 0 amide bonds. The monoisotopic (exact) mass is 406 g/mol. The van der Waals surface area contributed by atoms with Crippen LogP contribution in [-0.2, 0) is 17.1 Å². The van der Waals surface area contributed by atoms with Crippen LogP contribution in [-0.4, -0.2) is 17.7 Å². The van der Waals surface area contributed by atoms with E-state index in [0.717, 1.165) is 19.3 Å². The lowest BCUT2D eigenvalue weighted by Crippen LogP contribution is -2.17. The molecular formula is C24H32F2O3. The van der Waals surface area contributed by atoms with Gasteiger partial charge in [-0.2, -0.15) is 0 Å². The van der Waals surface area contributed by atoms with Crippen molar-refractivity contribution in [3.8, 4) is 5.75 Å². The van der Waals surface area contributed by atoms with E-state index in [1.165, 1.54) is 44.2 Å². The molecule has 3 nitrogen and oxygen atoms in total. The zero-order valence-electron chi connectivity index (χ0n) is 17.5. The fourth-order valence-electron chi connectivity index (χ4n) is 4.88. The third kappa shape index (κ3) is 5.18. The fraction of sp³-hybridized carbons (Fsp3) is 0.625. The van der Waals surface area contributed by atoms with Crippen LogP contribution in [0.1, 0.15) is 81.4 Å². The summed E-state index contributed by atoms with van der Waals surface area (Å²) in [5.41, 5.74) is 3.92. The van der Waals surface area contributed by atoms with Crippen LogP contribution < -0.4 is 4.74 Å². The summed E-state index contributed by atoms with van der Waals surface area (Å²) in [5, 5.41) is 8.97. The summed E-state index contributed by atoms with van der Waals surface area (Å²) in [5.74, 6) is -2.84. The topological polar surface area (TPSA) is 46.5 Å². The molecule has 160 valence electrons. The Labute approximate surface area is 172 Å². The number of carboxylic acid groups (broad SMARTS) is 1. The Hall–Kier alpha value is -1.91. The Morgan fingerprint density at radius 2 is 1.93 bits per heavy atom. The van der Waals surface area contributed by atoms with Crippen molar-refractivity contribution in [3.05, 3.63) is 40.0 Å². The average molecular weight is 407 g/mol. The fourth-order valence-corrected chi connectivity index (χ4v) is 4.88. The SMILES string of the molecule is CCC(F)(F)c1cc(OCC2=C(C3CCCC3)CCC2)cc(C)c1CCC(=O)O. The van der Waals surface area contributed by atoms with Crippen molar-refractivity contribution in [1.82, 2.24) is 0 Å². The maximum atomic E-state index is 14.6. The molecule has 1 saturated carbocycles. The van der Waals surface area contributed by atoms with Gasteiger partial charge in [0.25, 0.3) is 5.92 Å². The summed E-state index contributed by atoms with van der Waals surface area (Å²) < 4.78 is 35.3. The van der Waals surface area contributed by atoms with Gasteiger partial charge in [-0.25, -0.2) is 8.78 Å². The first-order valence-corrected chi connectivity index (χ1v) is 10.9. The quantitative estimate of drug-likeness (QED) is 0.472. The van der Waals surface area contributed by atoms with Gasteiger partial charge in [0.05, 0.1) is 0 Å². The average Bonchev–Trinajstić information content (AvgIpc) is 3.36. The van der Waals surface area contributed by atoms with Crippen LogP contribution in [0.4, 0.5) is 8.78 Å². The Morgan fingerprint density at radius 3 is 2.59 bits per heavy atom. The third-order valence-electron chi connectivity index (χ3n) is 6.51. The number of aliphatic carboxylic acids is 1. The molecule has 0 spiro atoms. The van der Waals surface area contributed by atoms with Crippen molar-refractivity contribution in [2.45, 2.75) is 84.0 Å². The minimum atomic E-state index is -3.00. The van der Waals surface area contributed by atoms with Gasteiger partial charge in [-0.1, -0.05) is 25.3 Å². The van der Waals surface area contributed by atoms with Crippen LogP contribution >= 0.6 is 0 Å². The predicted octanol–water partition coefficient (Wildman–Crippen LogP) is 6.56. The van der Waals surface area contributed by atoms with Crippen molar-refractivity contribution in [1.29, 1.82) is 0 Å². The molecule has 0 radical (unpaired) electrons. The van der Waals surface area contributed by atoms with E-state index in [4.69, 9.17) is 9.84 Å². The smallest absolute Gasteiger partial charge is 0.303 e. The minimum Gasteiger partial charge on any atom is -0.489 e. The second kappa shape index (κ2) is 9.27. The van der Waals surface area contributed by atoms with E-state index in [1.807, 2.05) is 0 Å². The number of rotatable bonds is 9. The van der Waals surface area contributed by atoms with Gasteiger partial charge in [0.15, 0.2) is 0 Å². The molecule has 1 fully saturated rings. The highest BCUT2D eigenvalue weighted by Gasteiger charge is 2.33. The molecule has 29 heavy (non-hydrogen) atoms. The molecule has 1 N–H and O–H groups in total. The molecule has 0 aliphatic heterocycles. The molecule has 3 rings (SSSR count). The molecule has 2 aliphatic rings. The zero-order valence-corrected chi connectivity index (χ0v) is 17.5. The van der Waals surface area contributed by atoms with Gasteiger partial charge in [0.1, 0.15) is 12.4 Å². The van der Waals surface area contributed by atoms with Crippen LogP contribution in [0.5, 0.6) is 5.75 Å². The van der Waals surface area contributed by atoms with Gasteiger partial charge in [-0.05, 0) is 80.2 Å². The molecular weight excluding hydrogens is 374 g/mol. The van der Waals surface area contributed by atoms with E-state index < -0.39 is 11.9 Å². The maximum Gasteiger partial charge on any atom is 0.303 e. The number of benzene rings is 1. The number of ether oxygens (including phenoxy) is 1. The summed E-state index contributed by atoms with van der Waals surface area (Å²) >= 11 is 0. The van der Waals surface area contributed by atoms with Crippen molar-refractivity contribution >= 4 is 5.97 Å². The maximum absolute atomic E-state index is 14.6. The number of aryl methyl sites for hydroxylation is 1. The summed E-state index contributed by atoms with van der Waals surface area (Å²) in [7, 11) is 0. The van der Waals surface area contributed by atoms with Gasteiger partial charge in [-0.15, -0.1) is 0 Å². The lowest BCUT2D eigenvalue weighted by molar-refractivity contribution is -0.137. The summed E-state index contributed by atoms with van der Waals surface area (Å²) in [6.45, 7) is 3.68. The van der Waals surface area contributed by atoms with E-state index in [9.17, 15) is 13.6 Å². The molecule has 1 aromatic rings. The summed E-state index contributed by atoms with van der Waals surface area (Å²) in [4.78, 5) is 11.0. The molecule has 0 saturated heterocycles. The van der Waals surface area contributed by atoms with E-state index in [0.29, 0.717) is 29.4 Å². The first kappa shape index (κ1) is 21.8. The number of allylic oxidation sites excluding steroid dienone is 1. The number of carboxylic acids is 1. The minimum absolute atomic E-state index is 0.0901. The Balaban J connectivity index is 1.82. The van der Waals surface area contributed by atoms with Crippen LogP contribution in [0.3, 0.4) is 0 Å². The summed E-state index contributed by atoms with van der Waals surface area (Å²) in [6, 6.07) is 3.20. The van der Waals surface area contributed by atoms with Crippen molar-refractivity contribution in [2.24, 2.45) is 5.92 Å². The van der Waals surface area contributed by atoms with E-state index in [2.05, 4.69) is 0 Å². The van der Waals surface area contributed by atoms with Crippen molar-refractivity contribution in [3.63, 3.8) is 0 Å². The van der Waals surface area contributed by atoms with Crippen LogP contribution in [0, 0.1) is 12.8 Å². The van der Waals surface area contributed by atoms with Crippen molar-refractivity contribution in [2.75, 3.05) is 6.61 Å². The normalized spacial score (nSPS) is 17.9. The Bertz CT molecular complexity index is 777. The van der Waals surface area contributed by atoms with Gasteiger partial charge < -0.3 is 9.84 Å². The predicted molar refractivity (Wildman–Crippen MR) is 110 cm³/mol. The van der Waals surface area contributed by atoms with E-state index in [-0.39, 0.29) is 24.8 Å².